The number of piperidine rings is 1. The van der Waals surface area contributed by atoms with Crippen LogP contribution in [0, 0.1) is 0 Å². The standard InChI is InChI=1S/C17H20N2O4/c1-22-17(21)23-16-11-19(9-7-15(16)20)8-6-12-10-18-14-5-3-2-4-13(12)14/h2-5,10,16,18H,6-9,11H2,1H3. The Labute approximate surface area is 134 Å². The third kappa shape index (κ3) is 3.53. The molecule has 6 nitrogen and oxygen atoms in total. The van der Waals surface area contributed by atoms with Crippen LogP contribution in [0.5, 0.6) is 0 Å². The zero-order chi connectivity index (χ0) is 16.2. The van der Waals surface area contributed by atoms with Gasteiger partial charge in [-0.3, -0.25) is 9.69 Å². The molecule has 0 aliphatic carbocycles. The number of fused-ring (bicyclic) bond motifs is 1. The molecule has 6 heteroatoms. The Morgan fingerprint density at radius 2 is 2.22 bits per heavy atom. The van der Waals surface area contributed by atoms with Gasteiger partial charge in [-0.2, -0.15) is 0 Å². The van der Waals surface area contributed by atoms with Crippen molar-refractivity contribution in [3.8, 4) is 0 Å². The van der Waals surface area contributed by atoms with Crippen LogP contribution in [0.1, 0.15) is 12.0 Å². The lowest BCUT2D eigenvalue weighted by molar-refractivity contribution is -0.133. The number of rotatable bonds is 4. The second-order valence-corrected chi connectivity index (χ2v) is 5.69. The van der Waals surface area contributed by atoms with Gasteiger partial charge in [-0.25, -0.2) is 4.79 Å². The molecule has 1 unspecified atom stereocenters. The number of H-pyrrole nitrogens is 1. The number of ether oxygens (including phenoxy) is 2. The number of carbonyl (C=O) groups is 2. The first kappa shape index (κ1) is 15.6. The van der Waals surface area contributed by atoms with Crippen molar-refractivity contribution < 1.29 is 19.1 Å². The summed E-state index contributed by atoms with van der Waals surface area (Å²) in [5.74, 6) is -0.0428. The summed E-state index contributed by atoms with van der Waals surface area (Å²) < 4.78 is 9.50. The van der Waals surface area contributed by atoms with Gasteiger partial charge in [-0.1, -0.05) is 18.2 Å². The molecule has 1 saturated heterocycles. The summed E-state index contributed by atoms with van der Waals surface area (Å²) in [4.78, 5) is 28.5. The second-order valence-electron chi connectivity index (χ2n) is 5.69. The van der Waals surface area contributed by atoms with Gasteiger partial charge in [-0.05, 0) is 18.1 Å². The van der Waals surface area contributed by atoms with Gasteiger partial charge >= 0.3 is 6.16 Å². The lowest BCUT2D eigenvalue weighted by Crippen LogP contribution is -2.47. The molecule has 0 saturated carbocycles. The number of hydrogen-bond donors (Lipinski definition) is 1. The number of aromatic amines is 1. The van der Waals surface area contributed by atoms with Gasteiger partial charge in [0.15, 0.2) is 11.9 Å². The van der Waals surface area contributed by atoms with Crippen LogP contribution in [0.4, 0.5) is 4.79 Å². The van der Waals surface area contributed by atoms with Crippen LogP contribution in [0.15, 0.2) is 30.5 Å². The molecule has 3 rings (SSSR count). The normalized spacial score (nSPS) is 19.0. The number of methoxy groups -OCH3 is 1. The molecule has 1 fully saturated rings. The van der Waals surface area contributed by atoms with Crippen LogP contribution in [0.3, 0.4) is 0 Å². The molecule has 23 heavy (non-hydrogen) atoms. The Balaban J connectivity index is 1.59. The molecule has 0 bridgehead atoms. The first-order chi connectivity index (χ1) is 11.2. The van der Waals surface area contributed by atoms with Gasteiger partial charge in [0.1, 0.15) is 0 Å². The van der Waals surface area contributed by atoms with Gasteiger partial charge < -0.3 is 14.5 Å². The summed E-state index contributed by atoms with van der Waals surface area (Å²) >= 11 is 0. The quantitative estimate of drug-likeness (QED) is 0.875. The minimum absolute atomic E-state index is 0.0428. The summed E-state index contributed by atoms with van der Waals surface area (Å²) in [5.41, 5.74) is 2.38. The van der Waals surface area contributed by atoms with E-state index in [0.717, 1.165) is 18.5 Å². The Hall–Kier alpha value is -2.34. The Morgan fingerprint density at radius 3 is 3.04 bits per heavy atom. The number of aromatic nitrogens is 1. The molecular weight excluding hydrogens is 296 g/mol. The maximum Gasteiger partial charge on any atom is 0.508 e. The van der Waals surface area contributed by atoms with Gasteiger partial charge in [0.2, 0.25) is 0 Å². The van der Waals surface area contributed by atoms with Crippen LogP contribution >= 0.6 is 0 Å². The highest BCUT2D eigenvalue weighted by atomic mass is 16.7. The van der Waals surface area contributed by atoms with Crippen LogP contribution < -0.4 is 0 Å². The maximum absolute atomic E-state index is 11.8. The van der Waals surface area contributed by atoms with Crippen molar-refractivity contribution in [3.63, 3.8) is 0 Å². The van der Waals surface area contributed by atoms with Crippen molar-refractivity contribution >= 4 is 22.8 Å². The van der Waals surface area contributed by atoms with Crippen molar-refractivity contribution in [2.24, 2.45) is 0 Å². The van der Waals surface area contributed by atoms with Gasteiger partial charge in [0.25, 0.3) is 0 Å². The molecule has 1 atom stereocenters. The van der Waals surface area contributed by atoms with Crippen molar-refractivity contribution in [2.45, 2.75) is 18.9 Å². The summed E-state index contributed by atoms with van der Waals surface area (Å²) in [5, 5.41) is 1.22. The lowest BCUT2D eigenvalue weighted by Gasteiger charge is -2.30. The van der Waals surface area contributed by atoms with E-state index in [1.54, 1.807) is 0 Å². The molecular formula is C17H20N2O4. The highest BCUT2D eigenvalue weighted by molar-refractivity contribution is 5.86. The van der Waals surface area contributed by atoms with Gasteiger partial charge in [0.05, 0.1) is 7.11 Å². The fourth-order valence-electron chi connectivity index (χ4n) is 2.94. The number of nitrogens with one attached hydrogen (secondary N) is 1. The molecule has 1 N–H and O–H groups in total. The number of carbonyl (C=O) groups excluding carboxylic acids is 2. The molecule has 2 aromatic rings. The molecule has 1 aromatic heterocycles. The van der Waals surface area contributed by atoms with Crippen molar-refractivity contribution in [1.82, 2.24) is 9.88 Å². The van der Waals surface area contributed by atoms with E-state index >= 15 is 0 Å². The molecule has 1 aliphatic heterocycles. The van der Waals surface area contributed by atoms with E-state index in [4.69, 9.17) is 4.74 Å². The molecule has 0 amide bonds. The third-order valence-electron chi connectivity index (χ3n) is 4.24. The largest absolute Gasteiger partial charge is 0.508 e. The SMILES string of the molecule is COC(=O)OC1CN(CCc2c[nH]c3ccccc23)CCC1=O. The van der Waals surface area contributed by atoms with E-state index in [1.807, 2.05) is 18.3 Å². The topological polar surface area (TPSA) is 71.6 Å². The number of Topliss-reactive ketones (excluding diaryl/α,β-unsaturated/α-hetero) is 1. The fraction of sp³-hybridized carbons (Fsp3) is 0.412. The highest BCUT2D eigenvalue weighted by Gasteiger charge is 2.30. The molecule has 2 heterocycles. The van der Waals surface area contributed by atoms with E-state index in [0.29, 0.717) is 19.5 Å². The maximum atomic E-state index is 11.8. The minimum atomic E-state index is -0.804. The molecule has 0 spiro atoms. The predicted octanol–water partition coefficient (Wildman–Crippen LogP) is 2.14. The number of ketones is 1. The molecule has 1 aliphatic rings. The number of likely N-dealkylation sites (tertiary alicyclic amines) is 1. The zero-order valence-electron chi connectivity index (χ0n) is 13.1. The van der Waals surface area contributed by atoms with E-state index in [-0.39, 0.29) is 5.78 Å². The summed E-state index contributed by atoms with van der Waals surface area (Å²) in [7, 11) is 1.24. The summed E-state index contributed by atoms with van der Waals surface area (Å²) in [6, 6.07) is 8.19. The summed E-state index contributed by atoms with van der Waals surface area (Å²) in [6.07, 6.45) is 1.78. The zero-order valence-corrected chi connectivity index (χ0v) is 13.1. The Kier molecular flexibility index (Phi) is 4.62. The van der Waals surface area contributed by atoms with Crippen molar-refractivity contribution in [2.75, 3.05) is 26.7 Å². The Morgan fingerprint density at radius 1 is 1.39 bits per heavy atom. The second kappa shape index (κ2) is 6.83. The lowest BCUT2D eigenvalue weighted by atomic mass is 10.1. The van der Waals surface area contributed by atoms with Crippen LogP contribution in [0.25, 0.3) is 10.9 Å². The monoisotopic (exact) mass is 316 g/mol. The minimum Gasteiger partial charge on any atom is -0.438 e. The van der Waals surface area contributed by atoms with E-state index in [9.17, 15) is 9.59 Å². The number of nitrogens with zero attached hydrogens (tertiary/aromatic N) is 1. The van der Waals surface area contributed by atoms with Gasteiger partial charge in [-0.15, -0.1) is 0 Å². The average molecular weight is 316 g/mol. The molecule has 1 aromatic carbocycles. The highest BCUT2D eigenvalue weighted by Crippen LogP contribution is 2.19. The van der Waals surface area contributed by atoms with Crippen LogP contribution in [-0.4, -0.2) is 54.7 Å². The molecule has 122 valence electrons. The van der Waals surface area contributed by atoms with E-state index in [2.05, 4.69) is 26.8 Å². The first-order valence-electron chi connectivity index (χ1n) is 7.72. The fourth-order valence-corrected chi connectivity index (χ4v) is 2.94. The van der Waals surface area contributed by atoms with Crippen LogP contribution in [0.2, 0.25) is 0 Å². The molecule has 0 radical (unpaired) electrons. The van der Waals surface area contributed by atoms with E-state index < -0.39 is 12.3 Å². The average Bonchev–Trinajstić information content (AvgIpc) is 2.98. The summed E-state index contributed by atoms with van der Waals surface area (Å²) in [6.45, 7) is 1.94. The third-order valence-corrected chi connectivity index (χ3v) is 4.24. The van der Waals surface area contributed by atoms with E-state index in [1.165, 1.54) is 18.1 Å². The predicted molar refractivity (Wildman–Crippen MR) is 85.3 cm³/mol. The number of benzene rings is 1. The van der Waals surface area contributed by atoms with Crippen molar-refractivity contribution in [1.29, 1.82) is 0 Å². The Bertz CT molecular complexity index is 709. The van der Waals surface area contributed by atoms with Gasteiger partial charge in [0, 0.05) is 43.2 Å². The first-order valence-corrected chi connectivity index (χ1v) is 7.72. The van der Waals surface area contributed by atoms with Crippen LogP contribution in [-0.2, 0) is 20.7 Å². The smallest absolute Gasteiger partial charge is 0.438 e. The number of para-hydroxylation sites is 1. The van der Waals surface area contributed by atoms with Crippen molar-refractivity contribution in [3.05, 3.63) is 36.0 Å². The number of hydrogen-bond acceptors (Lipinski definition) is 5.